The van der Waals surface area contributed by atoms with E-state index in [1.807, 2.05) is 12.3 Å². The molecule has 1 fully saturated rings. The van der Waals surface area contributed by atoms with Crippen LogP contribution in [0.2, 0.25) is 0 Å². The van der Waals surface area contributed by atoms with Crippen molar-refractivity contribution in [3.8, 4) is 0 Å². The van der Waals surface area contributed by atoms with Crippen molar-refractivity contribution in [2.45, 2.75) is 38.0 Å². The third-order valence-corrected chi connectivity index (χ3v) is 5.13. The van der Waals surface area contributed by atoms with Crippen molar-refractivity contribution in [3.63, 3.8) is 0 Å². The summed E-state index contributed by atoms with van der Waals surface area (Å²) in [4.78, 5) is 10.4. The predicted octanol–water partition coefficient (Wildman–Crippen LogP) is 3.11. The SMILES string of the molecule is CCCC1(c2nc3cccnc3s2)CCNCC1. The van der Waals surface area contributed by atoms with Gasteiger partial charge in [0.05, 0.1) is 0 Å². The standard InChI is InChI=1S/C14H19N3S/c1-2-5-14(6-9-15-10-7-14)13-17-11-4-3-8-16-12(11)18-13/h3-4,8,15H,2,5-7,9-10H2,1H3. The second kappa shape index (κ2) is 4.94. The van der Waals surface area contributed by atoms with E-state index >= 15 is 0 Å². The Bertz CT molecular complexity index is 490. The smallest absolute Gasteiger partial charge is 0.143 e. The summed E-state index contributed by atoms with van der Waals surface area (Å²) in [6.07, 6.45) is 6.75. The second-order valence-electron chi connectivity index (χ2n) is 5.13. The van der Waals surface area contributed by atoms with Crippen molar-refractivity contribution in [2.75, 3.05) is 13.1 Å². The Morgan fingerprint density at radius 3 is 2.94 bits per heavy atom. The third-order valence-electron chi connectivity index (χ3n) is 3.91. The number of aromatic nitrogens is 2. The first kappa shape index (κ1) is 12.1. The van der Waals surface area contributed by atoms with Gasteiger partial charge < -0.3 is 5.32 Å². The zero-order valence-electron chi connectivity index (χ0n) is 10.8. The lowest BCUT2D eigenvalue weighted by atomic mass is 9.76. The van der Waals surface area contributed by atoms with Gasteiger partial charge in [0.2, 0.25) is 0 Å². The van der Waals surface area contributed by atoms with Crippen LogP contribution in [0.4, 0.5) is 0 Å². The number of piperidine rings is 1. The van der Waals surface area contributed by atoms with E-state index in [4.69, 9.17) is 4.98 Å². The van der Waals surface area contributed by atoms with E-state index < -0.39 is 0 Å². The molecular weight excluding hydrogens is 242 g/mol. The van der Waals surface area contributed by atoms with E-state index in [1.165, 1.54) is 30.7 Å². The Balaban J connectivity index is 2.03. The first-order valence-corrected chi connectivity index (χ1v) is 7.58. The molecule has 0 unspecified atom stereocenters. The van der Waals surface area contributed by atoms with E-state index in [9.17, 15) is 0 Å². The molecule has 0 atom stereocenters. The number of rotatable bonds is 3. The van der Waals surface area contributed by atoms with E-state index in [2.05, 4.69) is 23.3 Å². The monoisotopic (exact) mass is 261 g/mol. The van der Waals surface area contributed by atoms with Gasteiger partial charge in [0.1, 0.15) is 15.4 Å². The molecule has 0 radical (unpaired) electrons. The zero-order valence-corrected chi connectivity index (χ0v) is 11.6. The van der Waals surface area contributed by atoms with Crippen molar-refractivity contribution < 1.29 is 0 Å². The average molecular weight is 261 g/mol. The van der Waals surface area contributed by atoms with Gasteiger partial charge in [-0.1, -0.05) is 24.7 Å². The van der Waals surface area contributed by atoms with Crippen LogP contribution in [0.25, 0.3) is 10.3 Å². The molecule has 0 aromatic carbocycles. The van der Waals surface area contributed by atoms with E-state index in [1.54, 1.807) is 11.3 Å². The topological polar surface area (TPSA) is 37.8 Å². The number of nitrogens with zero attached hydrogens (tertiary/aromatic N) is 2. The predicted molar refractivity (Wildman–Crippen MR) is 76.1 cm³/mol. The highest BCUT2D eigenvalue weighted by Crippen LogP contribution is 2.40. The van der Waals surface area contributed by atoms with Gasteiger partial charge in [0.25, 0.3) is 0 Å². The molecule has 0 spiro atoms. The maximum atomic E-state index is 4.86. The lowest BCUT2D eigenvalue weighted by molar-refractivity contribution is 0.285. The van der Waals surface area contributed by atoms with Gasteiger partial charge in [-0.3, -0.25) is 0 Å². The normalized spacial score (nSPS) is 19.2. The molecule has 3 nitrogen and oxygen atoms in total. The summed E-state index contributed by atoms with van der Waals surface area (Å²) < 4.78 is 0. The summed E-state index contributed by atoms with van der Waals surface area (Å²) in [5, 5.41) is 4.77. The molecule has 18 heavy (non-hydrogen) atoms. The van der Waals surface area contributed by atoms with Gasteiger partial charge >= 0.3 is 0 Å². The fraction of sp³-hybridized carbons (Fsp3) is 0.571. The highest BCUT2D eigenvalue weighted by atomic mass is 32.1. The summed E-state index contributed by atoms with van der Waals surface area (Å²) in [6.45, 7) is 4.50. The molecule has 1 N–H and O–H groups in total. The summed E-state index contributed by atoms with van der Waals surface area (Å²) >= 11 is 1.79. The Morgan fingerprint density at radius 2 is 2.22 bits per heavy atom. The Kier molecular flexibility index (Phi) is 3.31. The first-order chi connectivity index (χ1) is 8.84. The quantitative estimate of drug-likeness (QED) is 0.922. The molecule has 96 valence electrons. The molecule has 4 heteroatoms. The van der Waals surface area contributed by atoms with Crippen molar-refractivity contribution >= 4 is 21.7 Å². The molecular formula is C14H19N3S. The Morgan fingerprint density at radius 1 is 1.39 bits per heavy atom. The third kappa shape index (κ3) is 2.04. The number of pyridine rings is 1. The second-order valence-corrected chi connectivity index (χ2v) is 6.10. The number of fused-ring (bicyclic) bond motifs is 1. The molecule has 2 aromatic heterocycles. The van der Waals surface area contributed by atoms with Crippen LogP contribution >= 0.6 is 11.3 Å². The van der Waals surface area contributed by atoms with E-state index in [0.717, 1.165) is 23.4 Å². The van der Waals surface area contributed by atoms with Crippen LogP contribution in [-0.2, 0) is 5.41 Å². The molecule has 2 aromatic rings. The van der Waals surface area contributed by atoms with Crippen LogP contribution in [-0.4, -0.2) is 23.1 Å². The summed E-state index contributed by atoms with van der Waals surface area (Å²) in [5.74, 6) is 0. The van der Waals surface area contributed by atoms with E-state index in [0.29, 0.717) is 5.41 Å². The lowest BCUT2D eigenvalue weighted by Gasteiger charge is -2.35. The average Bonchev–Trinajstić information content (AvgIpc) is 2.84. The molecule has 1 saturated heterocycles. The van der Waals surface area contributed by atoms with Crippen LogP contribution in [0.3, 0.4) is 0 Å². The molecule has 3 rings (SSSR count). The van der Waals surface area contributed by atoms with Crippen LogP contribution in [0.1, 0.15) is 37.6 Å². The van der Waals surface area contributed by atoms with Crippen molar-refractivity contribution in [1.82, 2.24) is 15.3 Å². The molecule has 1 aliphatic rings. The van der Waals surface area contributed by atoms with Crippen molar-refractivity contribution in [1.29, 1.82) is 0 Å². The maximum absolute atomic E-state index is 4.86. The minimum absolute atomic E-state index is 0.297. The molecule has 0 amide bonds. The van der Waals surface area contributed by atoms with Crippen LogP contribution in [0, 0.1) is 0 Å². The molecule has 0 saturated carbocycles. The van der Waals surface area contributed by atoms with Gasteiger partial charge in [0, 0.05) is 11.6 Å². The Hall–Kier alpha value is -1.00. The minimum atomic E-state index is 0.297. The van der Waals surface area contributed by atoms with Gasteiger partial charge in [0.15, 0.2) is 0 Å². The number of hydrogen-bond acceptors (Lipinski definition) is 4. The molecule has 0 bridgehead atoms. The fourth-order valence-corrected chi connectivity index (χ4v) is 4.13. The van der Waals surface area contributed by atoms with Crippen molar-refractivity contribution in [3.05, 3.63) is 23.3 Å². The summed E-state index contributed by atoms with van der Waals surface area (Å²) in [7, 11) is 0. The van der Waals surface area contributed by atoms with Gasteiger partial charge in [-0.15, -0.1) is 0 Å². The summed E-state index contributed by atoms with van der Waals surface area (Å²) in [6, 6.07) is 4.05. The van der Waals surface area contributed by atoms with Crippen LogP contribution < -0.4 is 5.32 Å². The van der Waals surface area contributed by atoms with Crippen LogP contribution in [0.5, 0.6) is 0 Å². The van der Waals surface area contributed by atoms with Gasteiger partial charge in [-0.05, 0) is 44.5 Å². The Labute approximate surface area is 112 Å². The fourth-order valence-electron chi connectivity index (χ4n) is 2.95. The molecule has 1 aliphatic heterocycles. The molecule has 3 heterocycles. The van der Waals surface area contributed by atoms with Crippen LogP contribution in [0.15, 0.2) is 18.3 Å². The maximum Gasteiger partial charge on any atom is 0.143 e. The first-order valence-electron chi connectivity index (χ1n) is 6.77. The van der Waals surface area contributed by atoms with E-state index in [-0.39, 0.29) is 0 Å². The van der Waals surface area contributed by atoms with Crippen molar-refractivity contribution in [2.24, 2.45) is 0 Å². The number of thiazole rings is 1. The summed E-state index contributed by atoms with van der Waals surface area (Å²) in [5.41, 5.74) is 1.36. The minimum Gasteiger partial charge on any atom is -0.317 e. The lowest BCUT2D eigenvalue weighted by Crippen LogP contribution is -2.39. The van der Waals surface area contributed by atoms with Gasteiger partial charge in [-0.2, -0.15) is 0 Å². The van der Waals surface area contributed by atoms with Gasteiger partial charge in [-0.25, -0.2) is 9.97 Å². The number of hydrogen-bond donors (Lipinski definition) is 1. The zero-order chi connectivity index (χ0) is 12.4. The number of nitrogens with one attached hydrogen (secondary N) is 1. The molecule has 0 aliphatic carbocycles. The largest absolute Gasteiger partial charge is 0.317 e. The highest BCUT2D eigenvalue weighted by Gasteiger charge is 2.35. The highest BCUT2D eigenvalue weighted by molar-refractivity contribution is 7.18.